The highest BCUT2D eigenvalue weighted by molar-refractivity contribution is 5.99. The van der Waals surface area contributed by atoms with Crippen LogP contribution in [0.2, 0.25) is 0 Å². The molecule has 0 aromatic heterocycles. The third-order valence-corrected chi connectivity index (χ3v) is 2.81. The van der Waals surface area contributed by atoms with Crippen molar-refractivity contribution in [2.75, 3.05) is 26.0 Å². The predicted molar refractivity (Wildman–Crippen MR) is 69.8 cm³/mol. The van der Waals surface area contributed by atoms with E-state index in [4.69, 9.17) is 4.74 Å². The first-order valence-electron chi connectivity index (χ1n) is 5.99. The lowest BCUT2D eigenvalue weighted by molar-refractivity contribution is -0.137. The summed E-state index contributed by atoms with van der Waals surface area (Å²) in [7, 11) is 3.03. The van der Waals surface area contributed by atoms with Crippen molar-refractivity contribution in [2.24, 2.45) is 0 Å². The van der Waals surface area contributed by atoms with Crippen LogP contribution in [0.1, 0.15) is 22.8 Å². The topological polar surface area (TPSA) is 50.4 Å². The lowest BCUT2D eigenvalue weighted by Crippen LogP contribution is -2.32. The van der Waals surface area contributed by atoms with Crippen LogP contribution in [-0.2, 0) is 10.9 Å². The molecule has 0 saturated heterocycles. The minimum Gasteiger partial charge on any atom is -0.387 e. The first kappa shape index (κ1) is 16.3. The van der Waals surface area contributed by atoms with Gasteiger partial charge in [0.2, 0.25) is 0 Å². The lowest BCUT2D eigenvalue weighted by Gasteiger charge is -2.15. The SMILES string of the molecule is CNc1ccc(C(F)(F)F)cc1C(=O)NCC(C)OC. The lowest BCUT2D eigenvalue weighted by atomic mass is 10.1. The van der Waals surface area contributed by atoms with Crippen LogP contribution < -0.4 is 10.6 Å². The van der Waals surface area contributed by atoms with Crippen LogP contribution in [0.4, 0.5) is 18.9 Å². The first-order valence-corrected chi connectivity index (χ1v) is 5.99. The van der Waals surface area contributed by atoms with Gasteiger partial charge >= 0.3 is 6.18 Å². The van der Waals surface area contributed by atoms with Crippen LogP contribution in [0.5, 0.6) is 0 Å². The van der Waals surface area contributed by atoms with E-state index in [0.29, 0.717) is 5.69 Å². The fraction of sp³-hybridized carbons (Fsp3) is 0.462. The van der Waals surface area contributed by atoms with E-state index in [-0.39, 0.29) is 18.2 Å². The van der Waals surface area contributed by atoms with E-state index in [1.165, 1.54) is 20.2 Å². The normalized spacial score (nSPS) is 12.9. The Morgan fingerprint density at radius 2 is 2.05 bits per heavy atom. The molecule has 0 radical (unpaired) electrons. The molecule has 1 unspecified atom stereocenters. The summed E-state index contributed by atoms with van der Waals surface area (Å²) in [5.74, 6) is -0.579. The molecular weight excluding hydrogens is 273 g/mol. The summed E-state index contributed by atoms with van der Waals surface area (Å²) in [5.41, 5.74) is -0.576. The maximum atomic E-state index is 12.7. The molecule has 1 aromatic carbocycles. The maximum absolute atomic E-state index is 12.7. The number of carbonyl (C=O) groups is 1. The van der Waals surface area contributed by atoms with Gasteiger partial charge in [-0.25, -0.2) is 0 Å². The number of nitrogens with one attached hydrogen (secondary N) is 2. The molecule has 1 amide bonds. The van der Waals surface area contributed by atoms with E-state index in [2.05, 4.69) is 10.6 Å². The molecule has 0 aliphatic carbocycles. The Bertz CT molecular complexity index is 475. The van der Waals surface area contributed by atoms with Crippen LogP contribution in [0, 0.1) is 0 Å². The summed E-state index contributed by atoms with van der Waals surface area (Å²) in [5, 5.41) is 5.23. The average molecular weight is 290 g/mol. The van der Waals surface area contributed by atoms with E-state index in [0.717, 1.165) is 12.1 Å². The fourth-order valence-electron chi connectivity index (χ4n) is 1.54. The molecule has 4 nitrogen and oxygen atoms in total. The number of carbonyl (C=O) groups excluding carboxylic acids is 1. The number of hydrogen-bond acceptors (Lipinski definition) is 3. The maximum Gasteiger partial charge on any atom is 0.416 e. The number of anilines is 1. The summed E-state index contributed by atoms with van der Waals surface area (Å²) in [4.78, 5) is 11.9. The monoisotopic (exact) mass is 290 g/mol. The molecule has 7 heteroatoms. The van der Waals surface area contributed by atoms with E-state index < -0.39 is 17.6 Å². The Morgan fingerprint density at radius 3 is 2.55 bits per heavy atom. The van der Waals surface area contributed by atoms with Gasteiger partial charge in [0.1, 0.15) is 0 Å². The Hall–Kier alpha value is -1.76. The summed E-state index contributed by atoms with van der Waals surface area (Å²) >= 11 is 0. The van der Waals surface area contributed by atoms with E-state index in [1.807, 2.05) is 0 Å². The smallest absolute Gasteiger partial charge is 0.387 e. The van der Waals surface area contributed by atoms with Crippen LogP contribution >= 0.6 is 0 Å². The van der Waals surface area contributed by atoms with Crippen molar-refractivity contribution in [3.63, 3.8) is 0 Å². The van der Waals surface area contributed by atoms with Gasteiger partial charge in [0.25, 0.3) is 5.91 Å². The molecule has 1 atom stereocenters. The molecule has 2 N–H and O–H groups in total. The zero-order chi connectivity index (χ0) is 15.3. The summed E-state index contributed by atoms with van der Waals surface area (Å²) in [6.07, 6.45) is -4.70. The van der Waals surface area contributed by atoms with Gasteiger partial charge in [0.05, 0.1) is 17.2 Å². The summed E-state index contributed by atoms with van der Waals surface area (Å²) in [6, 6.07) is 3.00. The minimum atomic E-state index is -4.48. The average Bonchev–Trinajstić information content (AvgIpc) is 2.42. The molecular formula is C13H17F3N2O2. The highest BCUT2D eigenvalue weighted by Crippen LogP contribution is 2.31. The Morgan fingerprint density at radius 1 is 1.40 bits per heavy atom. The van der Waals surface area contributed by atoms with Crippen molar-refractivity contribution in [3.8, 4) is 0 Å². The van der Waals surface area contributed by atoms with Gasteiger partial charge in [0.15, 0.2) is 0 Å². The first-order chi connectivity index (χ1) is 9.29. The number of benzene rings is 1. The second-order valence-electron chi connectivity index (χ2n) is 4.26. The number of amides is 1. The number of alkyl halides is 3. The summed E-state index contributed by atoms with van der Waals surface area (Å²) < 4.78 is 43.0. The van der Waals surface area contributed by atoms with E-state index in [9.17, 15) is 18.0 Å². The number of halogens is 3. The number of rotatable bonds is 5. The van der Waals surface area contributed by atoms with Gasteiger partial charge in [-0.05, 0) is 25.1 Å². The Kier molecular flexibility index (Phi) is 5.38. The van der Waals surface area contributed by atoms with Gasteiger partial charge < -0.3 is 15.4 Å². The second-order valence-corrected chi connectivity index (χ2v) is 4.26. The van der Waals surface area contributed by atoms with Gasteiger partial charge in [0, 0.05) is 26.4 Å². The third kappa shape index (κ3) is 4.12. The molecule has 0 bridgehead atoms. The van der Waals surface area contributed by atoms with Crippen molar-refractivity contribution >= 4 is 11.6 Å². The van der Waals surface area contributed by atoms with Crippen molar-refractivity contribution in [3.05, 3.63) is 29.3 Å². The number of hydrogen-bond donors (Lipinski definition) is 2. The highest BCUT2D eigenvalue weighted by atomic mass is 19.4. The molecule has 0 saturated carbocycles. The second kappa shape index (κ2) is 6.60. The minimum absolute atomic E-state index is 0.0503. The zero-order valence-corrected chi connectivity index (χ0v) is 11.5. The fourth-order valence-corrected chi connectivity index (χ4v) is 1.54. The molecule has 20 heavy (non-hydrogen) atoms. The van der Waals surface area contributed by atoms with Gasteiger partial charge in [-0.1, -0.05) is 0 Å². The molecule has 1 aromatic rings. The molecule has 0 aliphatic heterocycles. The third-order valence-electron chi connectivity index (χ3n) is 2.81. The van der Waals surface area contributed by atoms with Crippen molar-refractivity contribution in [2.45, 2.75) is 19.2 Å². The van der Waals surface area contributed by atoms with Crippen LogP contribution in [0.15, 0.2) is 18.2 Å². The van der Waals surface area contributed by atoms with E-state index >= 15 is 0 Å². The van der Waals surface area contributed by atoms with Crippen molar-refractivity contribution < 1.29 is 22.7 Å². The highest BCUT2D eigenvalue weighted by Gasteiger charge is 2.31. The van der Waals surface area contributed by atoms with Crippen LogP contribution in [0.25, 0.3) is 0 Å². The molecule has 0 heterocycles. The largest absolute Gasteiger partial charge is 0.416 e. The Balaban J connectivity index is 2.99. The van der Waals surface area contributed by atoms with Crippen LogP contribution in [-0.4, -0.2) is 32.7 Å². The molecule has 0 fully saturated rings. The van der Waals surface area contributed by atoms with Gasteiger partial charge in [-0.15, -0.1) is 0 Å². The van der Waals surface area contributed by atoms with Crippen molar-refractivity contribution in [1.29, 1.82) is 0 Å². The predicted octanol–water partition coefficient (Wildman–Crippen LogP) is 2.51. The van der Waals surface area contributed by atoms with Gasteiger partial charge in [-0.2, -0.15) is 13.2 Å². The van der Waals surface area contributed by atoms with Crippen LogP contribution in [0.3, 0.4) is 0 Å². The standard InChI is InChI=1S/C13H17F3N2O2/c1-8(20-3)7-18-12(19)10-6-9(13(14,15)16)4-5-11(10)17-2/h4-6,8,17H,7H2,1-3H3,(H,18,19). The molecule has 112 valence electrons. The van der Waals surface area contributed by atoms with Gasteiger partial charge in [-0.3, -0.25) is 4.79 Å². The molecule has 0 spiro atoms. The quantitative estimate of drug-likeness (QED) is 0.876. The summed E-state index contributed by atoms with van der Waals surface area (Å²) in [6.45, 7) is 1.96. The van der Waals surface area contributed by atoms with Crippen molar-refractivity contribution in [1.82, 2.24) is 5.32 Å². The number of ether oxygens (including phenoxy) is 1. The molecule has 0 aliphatic rings. The molecule has 1 rings (SSSR count). The Labute approximate surface area is 115 Å². The number of methoxy groups -OCH3 is 1. The zero-order valence-electron chi connectivity index (χ0n) is 11.5. The van der Waals surface area contributed by atoms with E-state index in [1.54, 1.807) is 6.92 Å².